The number of hydrogen-bond donors (Lipinski definition) is 0. The first-order valence-corrected chi connectivity index (χ1v) is 8.70. The summed E-state index contributed by atoms with van der Waals surface area (Å²) in [6.45, 7) is 3.12. The van der Waals surface area contributed by atoms with Gasteiger partial charge in [0.15, 0.2) is 0 Å². The molecule has 4 bridgehead atoms. The van der Waals surface area contributed by atoms with Gasteiger partial charge >= 0.3 is 0 Å². The second kappa shape index (κ2) is 4.75. The Hall–Kier alpha value is -0.0500. The van der Waals surface area contributed by atoms with Crippen molar-refractivity contribution in [3.05, 3.63) is 0 Å². The Balaban J connectivity index is 1.78. The van der Waals surface area contributed by atoms with E-state index in [2.05, 4.69) is 22.9 Å². The van der Waals surface area contributed by atoms with Crippen LogP contribution in [0.5, 0.6) is 0 Å². The van der Waals surface area contributed by atoms with Gasteiger partial charge in [-0.05, 0) is 56.8 Å². The van der Waals surface area contributed by atoms with E-state index < -0.39 is 0 Å². The van der Waals surface area contributed by atoms with E-state index in [4.69, 9.17) is 0 Å². The molecule has 4 rings (SSSR count). The first-order valence-electron chi connectivity index (χ1n) is 7.91. The lowest BCUT2D eigenvalue weighted by Crippen LogP contribution is -2.58. The number of halogens is 1. The van der Waals surface area contributed by atoms with Crippen LogP contribution in [-0.4, -0.2) is 28.7 Å². The number of nitrogens with zero attached hydrogens (tertiary/aromatic N) is 1. The Kier molecular flexibility index (Phi) is 3.48. The minimum absolute atomic E-state index is 0.0178. The molecule has 4 fully saturated rings. The fraction of sp³-hybridized carbons (Fsp3) is 0.938. The molecule has 0 saturated heterocycles. The highest BCUT2D eigenvalue weighted by atomic mass is 79.9. The van der Waals surface area contributed by atoms with Crippen molar-refractivity contribution in [1.82, 2.24) is 4.90 Å². The molecule has 108 valence electrons. The number of rotatable bonds is 4. The minimum Gasteiger partial charge on any atom is -0.345 e. The maximum Gasteiger partial charge on any atom is 0.228 e. The Labute approximate surface area is 125 Å². The van der Waals surface area contributed by atoms with E-state index in [1.807, 2.05) is 11.9 Å². The minimum atomic E-state index is -0.0178. The summed E-state index contributed by atoms with van der Waals surface area (Å²) in [5.74, 6) is 2.03. The van der Waals surface area contributed by atoms with Crippen molar-refractivity contribution in [2.75, 3.05) is 13.6 Å². The van der Waals surface area contributed by atoms with Gasteiger partial charge in [-0.15, -0.1) is 0 Å². The van der Waals surface area contributed by atoms with E-state index >= 15 is 0 Å². The largest absolute Gasteiger partial charge is 0.345 e. The third kappa shape index (κ3) is 2.36. The van der Waals surface area contributed by atoms with Crippen molar-refractivity contribution in [1.29, 1.82) is 0 Å². The van der Waals surface area contributed by atoms with Gasteiger partial charge in [0.25, 0.3) is 0 Å². The first kappa shape index (κ1) is 13.9. The molecular formula is C16H26BrNO. The molecule has 0 spiro atoms. The van der Waals surface area contributed by atoms with E-state index in [0.717, 1.165) is 50.5 Å². The fourth-order valence-corrected chi connectivity index (χ4v) is 6.76. The highest BCUT2D eigenvalue weighted by Crippen LogP contribution is 2.64. The maximum atomic E-state index is 12.9. The quantitative estimate of drug-likeness (QED) is 0.715. The third-order valence-electron chi connectivity index (χ3n) is 5.64. The second-order valence-corrected chi connectivity index (χ2v) is 9.15. The van der Waals surface area contributed by atoms with Crippen LogP contribution < -0.4 is 0 Å². The van der Waals surface area contributed by atoms with Crippen LogP contribution in [0.1, 0.15) is 58.3 Å². The molecule has 3 heteroatoms. The number of carbonyl (C=O) groups is 1. The highest BCUT2D eigenvalue weighted by molar-refractivity contribution is 9.10. The number of amides is 1. The summed E-state index contributed by atoms with van der Waals surface area (Å²) in [5, 5.41) is 0. The molecule has 0 aromatic carbocycles. The molecule has 0 aromatic heterocycles. The van der Waals surface area contributed by atoms with Crippen molar-refractivity contribution in [2.24, 2.45) is 17.3 Å². The van der Waals surface area contributed by atoms with Crippen molar-refractivity contribution in [3.63, 3.8) is 0 Å². The lowest BCUT2D eigenvalue weighted by Gasteiger charge is -2.60. The summed E-state index contributed by atoms with van der Waals surface area (Å²) >= 11 is 3.99. The van der Waals surface area contributed by atoms with Crippen LogP contribution in [-0.2, 0) is 4.79 Å². The third-order valence-corrected chi connectivity index (χ3v) is 6.56. The van der Waals surface area contributed by atoms with Crippen LogP contribution in [0.3, 0.4) is 0 Å². The smallest absolute Gasteiger partial charge is 0.228 e. The Morgan fingerprint density at radius 1 is 1.26 bits per heavy atom. The number of hydrogen-bond acceptors (Lipinski definition) is 1. The fourth-order valence-electron chi connectivity index (χ4n) is 5.30. The Bertz CT molecular complexity index is 367. The second-order valence-electron chi connectivity index (χ2n) is 7.47. The van der Waals surface area contributed by atoms with Crippen LogP contribution in [0.25, 0.3) is 0 Å². The van der Waals surface area contributed by atoms with Crippen LogP contribution in [0, 0.1) is 17.3 Å². The topological polar surface area (TPSA) is 20.3 Å². The van der Waals surface area contributed by atoms with Gasteiger partial charge < -0.3 is 4.90 Å². The molecule has 1 amide bonds. The van der Waals surface area contributed by atoms with E-state index in [1.54, 1.807) is 0 Å². The molecular weight excluding hydrogens is 302 g/mol. The van der Waals surface area contributed by atoms with E-state index in [-0.39, 0.29) is 5.41 Å². The van der Waals surface area contributed by atoms with E-state index in [1.165, 1.54) is 19.3 Å². The van der Waals surface area contributed by atoms with Gasteiger partial charge in [0.2, 0.25) is 5.91 Å². The molecule has 0 N–H and O–H groups in total. The number of unbranched alkanes of at least 4 members (excludes halogenated alkanes) is 1. The molecule has 0 heterocycles. The molecule has 0 aromatic rings. The highest BCUT2D eigenvalue weighted by Gasteiger charge is 2.60. The molecule has 0 aliphatic heterocycles. The monoisotopic (exact) mass is 327 g/mol. The summed E-state index contributed by atoms with van der Waals surface area (Å²) in [7, 11) is 2.01. The molecule has 2 unspecified atom stereocenters. The van der Waals surface area contributed by atoms with Crippen LogP contribution in [0.15, 0.2) is 0 Å². The summed E-state index contributed by atoms with van der Waals surface area (Å²) in [6, 6.07) is 0. The van der Waals surface area contributed by atoms with Crippen molar-refractivity contribution >= 4 is 21.8 Å². The molecule has 2 nitrogen and oxygen atoms in total. The number of alkyl halides is 1. The summed E-state index contributed by atoms with van der Waals surface area (Å²) in [4.78, 5) is 15.0. The standard InChI is InChI=1S/C16H26BrNO/c1-3-4-5-18(2)14(19)15-7-12-6-13(8-15)10-16(17,9-12)11-15/h12-13H,3-11H2,1-2H3. The van der Waals surface area contributed by atoms with Crippen LogP contribution in [0.4, 0.5) is 0 Å². The lowest BCUT2D eigenvalue weighted by molar-refractivity contribution is -0.154. The first-order chi connectivity index (χ1) is 8.96. The van der Waals surface area contributed by atoms with Crippen LogP contribution >= 0.6 is 15.9 Å². The number of carbonyl (C=O) groups excluding carboxylic acids is 1. The zero-order chi connectivity index (χ0) is 13.7. The van der Waals surface area contributed by atoms with Gasteiger partial charge in [0, 0.05) is 17.9 Å². The lowest BCUT2D eigenvalue weighted by atomic mass is 9.49. The average molecular weight is 328 g/mol. The maximum absolute atomic E-state index is 12.9. The van der Waals surface area contributed by atoms with Gasteiger partial charge in [-0.1, -0.05) is 29.3 Å². The van der Waals surface area contributed by atoms with E-state index in [9.17, 15) is 4.79 Å². The summed E-state index contributed by atoms with van der Waals surface area (Å²) < 4.78 is 0.290. The normalized spacial score (nSPS) is 43.5. The van der Waals surface area contributed by atoms with Gasteiger partial charge in [-0.25, -0.2) is 0 Å². The summed E-state index contributed by atoms with van der Waals surface area (Å²) in [6.07, 6.45) is 9.68. The van der Waals surface area contributed by atoms with Gasteiger partial charge in [-0.2, -0.15) is 0 Å². The predicted molar refractivity (Wildman–Crippen MR) is 81.3 cm³/mol. The summed E-state index contributed by atoms with van der Waals surface area (Å²) in [5.41, 5.74) is -0.0178. The SMILES string of the molecule is CCCCN(C)C(=O)C12CC3CC(CC(Br)(C3)C1)C2. The van der Waals surface area contributed by atoms with Crippen molar-refractivity contribution in [3.8, 4) is 0 Å². The molecule has 2 atom stereocenters. The van der Waals surface area contributed by atoms with Gasteiger partial charge in [-0.3, -0.25) is 4.79 Å². The van der Waals surface area contributed by atoms with Crippen molar-refractivity contribution in [2.45, 2.75) is 62.6 Å². The van der Waals surface area contributed by atoms with Gasteiger partial charge in [0.1, 0.15) is 0 Å². The zero-order valence-corrected chi connectivity index (χ0v) is 13.8. The molecule has 4 aliphatic carbocycles. The zero-order valence-electron chi connectivity index (χ0n) is 12.3. The molecule has 0 radical (unpaired) electrons. The Morgan fingerprint density at radius 2 is 1.89 bits per heavy atom. The average Bonchev–Trinajstić information content (AvgIpc) is 2.32. The van der Waals surface area contributed by atoms with Gasteiger partial charge in [0.05, 0.1) is 5.41 Å². The van der Waals surface area contributed by atoms with Crippen molar-refractivity contribution < 1.29 is 4.79 Å². The molecule has 4 aliphatic rings. The van der Waals surface area contributed by atoms with E-state index in [0.29, 0.717) is 10.2 Å². The predicted octanol–water partition coefficient (Wildman–Crippen LogP) is 3.98. The molecule has 19 heavy (non-hydrogen) atoms. The molecule has 4 saturated carbocycles. The van der Waals surface area contributed by atoms with Crippen LogP contribution in [0.2, 0.25) is 0 Å². The Morgan fingerprint density at radius 3 is 2.42 bits per heavy atom.